The number of anilines is 1. The second-order valence-corrected chi connectivity index (χ2v) is 4.90. The first-order valence-electron chi connectivity index (χ1n) is 6.55. The summed E-state index contributed by atoms with van der Waals surface area (Å²) >= 11 is 5.84. The quantitative estimate of drug-likeness (QED) is 0.863. The Morgan fingerprint density at radius 2 is 1.95 bits per heavy atom. The minimum absolute atomic E-state index is 0.0775. The number of carbonyl (C=O) groups is 1. The predicted octanol–water partition coefficient (Wildman–Crippen LogP) is 2.89. The molecule has 2 aromatic carbocycles. The first-order chi connectivity index (χ1) is 10.2. The van der Waals surface area contributed by atoms with Crippen LogP contribution in [0.2, 0.25) is 5.02 Å². The molecule has 0 unspecified atom stereocenters. The molecule has 0 aliphatic heterocycles. The van der Waals surface area contributed by atoms with Crippen LogP contribution in [0.15, 0.2) is 48.5 Å². The molecule has 110 valence electrons. The van der Waals surface area contributed by atoms with Gasteiger partial charge in [0.05, 0.1) is 0 Å². The van der Waals surface area contributed by atoms with Crippen LogP contribution < -0.4 is 10.1 Å². The summed E-state index contributed by atoms with van der Waals surface area (Å²) < 4.78 is 5.40. The van der Waals surface area contributed by atoms with Crippen molar-refractivity contribution in [3.05, 3.63) is 59.1 Å². The van der Waals surface area contributed by atoms with Gasteiger partial charge in [0.1, 0.15) is 5.75 Å². The highest BCUT2D eigenvalue weighted by molar-refractivity contribution is 6.30. The molecule has 2 aromatic rings. The zero-order chi connectivity index (χ0) is 15.1. The van der Waals surface area contributed by atoms with Gasteiger partial charge < -0.3 is 15.2 Å². The van der Waals surface area contributed by atoms with Gasteiger partial charge in [0.25, 0.3) is 5.91 Å². The number of hydrogen-bond acceptors (Lipinski definition) is 3. The van der Waals surface area contributed by atoms with Crippen LogP contribution in [0.25, 0.3) is 0 Å². The number of halogens is 1. The highest BCUT2D eigenvalue weighted by Crippen LogP contribution is 2.15. The average Bonchev–Trinajstić information content (AvgIpc) is 2.47. The maximum atomic E-state index is 11.8. The Bertz CT molecular complexity index is 599. The maximum absolute atomic E-state index is 11.8. The highest BCUT2D eigenvalue weighted by atomic mass is 35.5. The van der Waals surface area contributed by atoms with Crippen LogP contribution in [0.5, 0.6) is 5.75 Å². The molecule has 0 aliphatic carbocycles. The monoisotopic (exact) mass is 305 g/mol. The van der Waals surface area contributed by atoms with E-state index >= 15 is 0 Å². The van der Waals surface area contributed by atoms with E-state index in [2.05, 4.69) is 5.32 Å². The van der Waals surface area contributed by atoms with Gasteiger partial charge in [-0.25, -0.2) is 0 Å². The van der Waals surface area contributed by atoms with E-state index in [1.165, 1.54) is 0 Å². The molecular formula is C16H16ClNO3. The van der Waals surface area contributed by atoms with Gasteiger partial charge in [0.15, 0.2) is 6.61 Å². The molecule has 0 saturated heterocycles. The fourth-order valence-electron chi connectivity index (χ4n) is 1.79. The van der Waals surface area contributed by atoms with Crippen molar-refractivity contribution in [2.45, 2.75) is 6.42 Å². The average molecular weight is 306 g/mol. The molecule has 2 N–H and O–H groups in total. The van der Waals surface area contributed by atoms with E-state index in [1.54, 1.807) is 36.4 Å². The number of aliphatic hydroxyl groups is 1. The fraction of sp³-hybridized carbons (Fsp3) is 0.188. The first kappa shape index (κ1) is 15.4. The largest absolute Gasteiger partial charge is 0.484 e. The van der Waals surface area contributed by atoms with Crippen molar-refractivity contribution in [3.8, 4) is 5.75 Å². The Hall–Kier alpha value is -2.04. The van der Waals surface area contributed by atoms with Crippen molar-refractivity contribution in [2.75, 3.05) is 18.5 Å². The van der Waals surface area contributed by atoms with Gasteiger partial charge >= 0.3 is 0 Å². The maximum Gasteiger partial charge on any atom is 0.262 e. The topological polar surface area (TPSA) is 58.6 Å². The van der Waals surface area contributed by atoms with Crippen molar-refractivity contribution in [1.82, 2.24) is 0 Å². The molecule has 21 heavy (non-hydrogen) atoms. The van der Waals surface area contributed by atoms with E-state index in [0.717, 1.165) is 5.56 Å². The molecule has 0 aromatic heterocycles. The number of nitrogens with one attached hydrogen (secondary N) is 1. The molecule has 0 aliphatic rings. The molecular weight excluding hydrogens is 290 g/mol. The van der Waals surface area contributed by atoms with Gasteiger partial charge in [-0.1, -0.05) is 29.8 Å². The van der Waals surface area contributed by atoms with Gasteiger partial charge in [0, 0.05) is 17.3 Å². The number of ether oxygens (including phenoxy) is 1. The minimum atomic E-state index is -0.253. The summed E-state index contributed by atoms with van der Waals surface area (Å²) in [6.07, 6.45) is 0.607. The number of rotatable bonds is 6. The summed E-state index contributed by atoms with van der Waals surface area (Å²) in [5, 5.41) is 12.1. The van der Waals surface area contributed by atoms with Crippen LogP contribution in [-0.4, -0.2) is 24.2 Å². The third-order valence-corrected chi connectivity index (χ3v) is 3.04. The molecule has 0 saturated carbocycles. The molecule has 0 spiro atoms. The molecule has 5 heteroatoms. The lowest BCUT2D eigenvalue weighted by Crippen LogP contribution is -2.20. The van der Waals surface area contributed by atoms with E-state index in [-0.39, 0.29) is 19.1 Å². The Labute approximate surface area is 128 Å². The van der Waals surface area contributed by atoms with Crippen LogP contribution >= 0.6 is 11.6 Å². The van der Waals surface area contributed by atoms with Crippen LogP contribution in [0.3, 0.4) is 0 Å². The first-order valence-corrected chi connectivity index (χ1v) is 6.93. The van der Waals surface area contributed by atoms with Crippen molar-refractivity contribution in [3.63, 3.8) is 0 Å². The molecule has 2 rings (SSSR count). The van der Waals surface area contributed by atoms with Crippen LogP contribution in [0.4, 0.5) is 5.69 Å². The predicted molar refractivity (Wildman–Crippen MR) is 82.8 cm³/mol. The van der Waals surface area contributed by atoms with Crippen LogP contribution in [0.1, 0.15) is 5.56 Å². The van der Waals surface area contributed by atoms with Crippen molar-refractivity contribution in [1.29, 1.82) is 0 Å². The summed E-state index contributed by atoms with van der Waals surface area (Å²) in [6.45, 7) is 0.0358. The van der Waals surface area contributed by atoms with Gasteiger partial charge in [-0.3, -0.25) is 4.79 Å². The van der Waals surface area contributed by atoms with E-state index in [1.807, 2.05) is 12.1 Å². The number of benzene rings is 2. The Kier molecular flexibility index (Phi) is 5.60. The van der Waals surface area contributed by atoms with Gasteiger partial charge in [-0.15, -0.1) is 0 Å². The lowest BCUT2D eigenvalue weighted by molar-refractivity contribution is -0.118. The Morgan fingerprint density at radius 1 is 1.19 bits per heavy atom. The zero-order valence-corrected chi connectivity index (χ0v) is 12.1. The fourth-order valence-corrected chi connectivity index (χ4v) is 1.98. The second kappa shape index (κ2) is 7.67. The minimum Gasteiger partial charge on any atom is -0.484 e. The molecule has 4 nitrogen and oxygen atoms in total. The highest BCUT2D eigenvalue weighted by Gasteiger charge is 2.04. The SMILES string of the molecule is O=C(COc1ccc(CCO)cc1)Nc1cccc(Cl)c1. The van der Waals surface area contributed by atoms with Crippen LogP contribution in [0, 0.1) is 0 Å². The molecule has 1 amide bonds. The van der Waals surface area contributed by atoms with E-state index in [0.29, 0.717) is 22.9 Å². The normalized spacial score (nSPS) is 10.2. The summed E-state index contributed by atoms with van der Waals surface area (Å²) in [6, 6.07) is 14.2. The third-order valence-electron chi connectivity index (χ3n) is 2.80. The third kappa shape index (κ3) is 5.10. The summed E-state index contributed by atoms with van der Waals surface area (Å²) in [7, 11) is 0. The molecule has 0 bridgehead atoms. The lowest BCUT2D eigenvalue weighted by atomic mass is 10.1. The van der Waals surface area contributed by atoms with Gasteiger partial charge in [-0.2, -0.15) is 0 Å². The Morgan fingerprint density at radius 3 is 2.62 bits per heavy atom. The van der Waals surface area contributed by atoms with Gasteiger partial charge in [0.2, 0.25) is 0 Å². The number of hydrogen-bond donors (Lipinski definition) is 2. The second-order valence-electron chi connectivity index (χ2n) is 4.46. The van der Waals surface area contributed by atoms with E-state index in [9.17, 15) is 4.79 Å². The summed E-state index contributed by atoms with van der Waals surface area (Å²) in [4.78, 5) is 11.8. The number of amides is 1. The summed E-state index contributed by atoms with van der Waals surface area (Å²) in [5.74, 6) is 0.356. The molecule has 0 atom stereocenters. The summed E-state index contributed by atoms with van der Waals surface area (Å²) in [5.41, 5.74) is 1.66. The Balaban J connectivity index is 1.83. The van der Waals surface area contributed by atoms with Crippen molar-refractivity contribution < 1.29 is 14.6 Å². The molecule has 0 fully saturated rings. The van der Waals surface area contributed by atoms with Crippen molar-refractivity contribution >= 4 is 23.2 Å². The zero-order valence-electron chi connectivity index (χ0n) is 11.4. The van der Waals surface area contributed by atoms with Crippen molar-refractivity contribution in [2.24, 2.45) is 0 Å². The van der Waals surface area contributed by atoms with E-state index < -0.39 is 0 Å². The van der Waals surface area contributed by atoms with Gasteiger partial charge in [-0.05, 0) is 42.3 Å². The lowest BCUT2D eigenvalue weighted by Gasteiger charge is -2.08. The van der Waals surface area contributed by atoms with E-state index in [4.69, 9.17) is 21.4 Å². The standard InChI is InChI=1S/C16H16ClNO3/c17-13-2-1-3-14(10-13)18-16(20)11-21-15-6-4-12(5-7-15)8-9-19/h1-7,10,19H,8-9,11H2,(H,18,20). The molecule has 0 heterocycles. The number of aliphatic hydroxyl groups excluding tert-OH is 1. The smallest absolute Gasteiger partial charge is 0.262 e. The number of carbonyl (C=O) groups excluding carboxylic acids is 1. The molecule has 0 radical (unpaired) electrons. The van der Waals surface area contributed by atoms with Crippen LogP contribution in [-0.2, 0) is 11.2 Å².